The second-order valence-electron chi connectivity index (χ2n) is 9.04. The van der Waals surface area contributed by atoms with Gasteiger partial charge in [-0.1, -0.05) is 11.2 Å². The Bertz CT molecular complexity index is 1060. The van der Waals surface area contributed by atoms with Crippen LogP contribution in [0.4, 0.5) is 14.8 Å². The molecule has 1 amide bonds. The minimum atomic E-state index is -2.75. The van der Waals surface area contributed by atoms with Crippen molar-refractivity contribution in [2.24, 2.45) is 5.41 Å². The Kier molecular flexibility index (Phi) is 4.50. The van der Waals surface area contributed by atoms with Gasteiger partial charge in [-0.05, 0) is 55.7 Å². The number of aromatic nitrogens is 2. The van der Waals surface area contributed by atoms with Gasteiger partial charge in [0.15, 0.2) is 0 Å². The number of carbonyl (C=O) groups is 1. The zero-order valence-corrected chi connectivity index (χ0v) is 17.2. The summed E-state index contributed by atoms with van der Waals surface area (Å²) in [7, 11) is 0. The molecule has 0 bridgehead atoms. The molecule has 3 aliphatic rings. The van der Waals surface area contributed by atoms with E-state index in [-0.39, 0.29) is 29.8 Å². The van der Waals surface area contributed by atoms with Crippen molar-refractivity contribution in [3.05, 3.63) is 29.3 Å². The van der Waals surface area contributed by atoms with Crippen LogP contribution < -0.4 is 5.32 Å². The zero-order valence-electron chi connectivity index (χ0n) is 17.2. The summed E-state index contributed by atoms with van der Waals surface area (Å²) in [5.74, 6) is -3.50. The van der Waals surface area contributed by atoms with Gasteiger partial charge in [0, 0.05) is 25.1 Å². The van der Waals surface area contributed by atoms with E-state index in [1.54, 1.807) is 13.0 Å². The second kappa shape index (κ2) is 7.01. The van der Waals surface area contributed by atoms with E-state index < -0.39 is 17.9 Å². The number of nitrogens with one attached hydrogen (secondary N) is 1. The van der Waals surface area contributed by atoms with E-state index in [0.717, 1.165) is 25.9 Å². The van der Waals surface area contributed by atoms with Crippen LogP contribution in [-0.4, -0.2) is 46.1 Å². The highest BCUT2D eigenvalue weighted by Crippen LogP contribution is 2.56. The molecule has 31 heavy (non-hydrogen) atoms. The molecule has 2 aliphatic carbocycles. The van der Waals surface area contributed by atoms with Gasteiger partial charge < -0.3 is 14.6 Å². The van der Waals surface area contributed by atoms with Gasteiger partial charge in [0.25, 0.3) is 5.92 Å². The lowest BCUT2D eigenvalue weighted by Crippen LogP contribution is -2.45. The van der Waals surface area contributed by atoms with E-state index in [4.69, 9.17) is 4.42 Å². The van der Waals surface area contributed by atoms with Crippen LogP contribution in [0.2, 0.25) is 0 Å². The molecule has 0 radical (unpaired) electrons. The maximum absolute atomic E-state index is 13.4. The van der Waals surface area contributed by atoms with Crippen LogP contribution in [0.25, 0.3) is 11.5 Å². The number of piperidine rings is 1. The normalized spacial score (nSPS) is 23.8. The number of hydrogen-bond acceptors (Lipinski definition) is 6. The number of carbonyl (C=O) groups excluding carboxylic acids is 1. The van der Waals surface area contributed by atoms with Crippen molar-refractivity contribution < 1.29 is 18.0 Å². The summed E-state index contributed by atoms with van der Waals surface area (Å²) in [5, 5.41) is 20.2. The van der Waals surface area contributed by atoms with Gasteiger partial charge >= 0.3 is 6.01 Å². The Balaban J connectivity index is 1.25. The lowest BCUT2D eigenvalue weighted by molar-refractivity contribution is -0.133. The van der Waals surface area contributed by atoms with E-state index in [1.165, 1.54) is 25.0 Å². The quantitative estimate of drug-likeness (QED) is 0.777. The Labute approximate surface area is 178 Å². The van der Waals surface area contributed by atoms with Gasteiger partial charge in [-0.2, -0.15) is 5.26 Å². The standard InChI is InChI=1S/C22H23F2N5O2/c1-13(19(30)29-8-6-21(4-5-21)7-9-29)26-20-28-27-18(31-20)14-2-3-16(15(10-14)12-25)17-11-22(17,23)24/h2-3,10,13,17H,4-9,11H2,1H3,(H,26,28)/t13-,17?/m1/s1. The Morgan fingerprint density at radius 1 is 1.29 bits per heavy atom. The number of hydrogen-bond donors (Lipinski definition) is 1. The number of anilines is 1. The first-order valence-corrected chi connectivity index (χ1v) is 10.6. The number of halogens is 2. The molecule has 3 fully saturated rings. The number of alkyl halides is 2. The summed E-state index contributed by atoms with van der Waals surface area (Å²) in [6.45, 7) is 3.32. The van der Waals surface area contributed by atoms with Crippen molar-refractivity contribution in [1.29, 1.82) is 5.26 Å². The summed E-state index contributed by atoms with van der Waals surface area (Å²) >= 11 is 0. The predicted octanol–water partition coefficient (Wildman–Crippen LogP) is 3.93. The van der Waals surface area contributed by atoms with Crippen LogP contribution >= 0.6 is 0 Å². The summed E-state index contributed by atoms with van der Waals surface area (Å²) < 4.78 is 32.4. The monoisotopic (exact) mass is 427 g/mol. The molecular weight excluding hydrogens is 404 g/mol. The largest absolute Gasteiger partial charge is 0.403 e. The molecule has 2 aromatic rings. The van der Waals surface area contributed by atoms with Crippen molar-refractivity contribution in [1.82, 2.24) is 15.1 Å². The van der Waals surface area contributed by atoms with Crippen LogP contribution in [0.15, 0.2) is 22.6 Å². The Morgan fingerprint density at radius 2 is 2.00 bits per heavy atom. The van der Waals surface area contributed by atoms with Gasteiger partial charge in [0.05, 0.1) is 17.6 Å². The molecule has 1 spiro atoms. The number of nitriles is 1. The molecule has 1 unspecified atom stereocenters. The van der Waals surface area contributed by atoms with Crippen molar-refractivity contribution in [2.45, 2.75) is 56.9 Å². The topological polar surface area (TPSA) is 95.0 Å². The fourth-order valence-electron chi connectivity index (χ4n) is 4.44. The van der Waals surface area contributed by atoms with Crippen LogP contribution in [0.5, 0.6) is 0 Å². The molecule has 5 rings (SSSR count). The first kappa shape index (κ1) is 19.9. The average molecular weight is 427 g/mol. The highest BCUT2D eigenvalue weighted by molar-refractivity contribution is 5.83. The molecule has 7 nitrogen and oxygen atoms in total. The molecule has 1 aromatic heterocycles. The van der Waals surface area contributed by atoms with Crippen LogP contribution in [0.3, 0.4) is 0 Å². The first-order valence-electron chi connectivity index (χ1n) is 10.6. The Morgan fingerprint density at radius 3 is 2.61 bits per heavy atom. The van der Waals surface area contributed by atoms with Crippen molar-refractivity contribution in [3.63, 3.8) is 0 Å². The fourth-order valence-corrected chi connectivity index (χ4v) is 4.44. The third-order valence-electron chi connectivity index (χ3n) is 6.85. The van der Waals surface area contributed by atoms with E-state index >= 15 is 0 Å². The highest BCUT2D eigenvalue weighted by Gasteiger charge is 2.58. The van der Waals surface area contributed by atoms with Crippen LogP contribution in [0, 0.1) is 16.7 Å². The second-order valence-corrected chi connectivity index (χ2v) is 9.04. The number of likely N-dealkylation sites (tertiary alicyclic amines) is 1. The molecule has 1 saturated heterocycles. The minimum Gasteiger partial charge on any atom is -0.403 e. The lowest BCUT2D eigenvalue weighted by atomic mass is 9.93. The zero-order chi connectivity index (χ0) is 21.8. The molecule has 2 saturated carbocycles. The van der Waals surface area contributed by atoms with Crippen molar-refractivity contribution in [3.8, 4) is 17.5 Å². The molecule has 2 heterocycles. The van der Waals surface area contributed by atoms with Gasteiger partial charge in [-0.15, -0.1) is 5.10 Å². The maximum atomic E-state index is 13.4. The molecule has 9 heteroatoms. The molecule has 1 N–H and O–H groups in total. The fraction of sp³-hybridized carbons (Fsp3) is 0.545. The van der Waals surface area contributed by atoms with Crippen LogP contribution in [-0.2, 0) is 4.79 Å². The number of rotatable bonds is 5. The number of benzene rings is 1. The summed E-state index contributed by atoms with van der Waals surface area (Å²) in [6.07, 6.45) is 4.47. The van der Waals surface area contributed by atoms with Crippen LogP contribution in [0.1, 0.15) is 56.1 Å². The third-order valence-corrected chi connectivity index (χ3v) is 6.85. The number of amides is 1. The first-order chi connectivity index (χ1) is 14.8. The lowest BCUT2D eigenvalue weighted by Gasteiger charge is -2.33. The molecular formula is C22H23F2N5O2. The van der Waals surface area contributed by atoms with Gasteiger partial charge in [0.1, 0.15) is 6.04 Å². The summed E-state index contributed by atoms with van der Waals surface area (Å²) in [5.41, 5.74) is 1.48. The Hall–Kier alpha value is -3.02. The third kappa shape index (κ3) is 3.75. The molecule has 2 atom stereocenters. The van der Waals surface area contributed by atoms with Gasteiger partial charge in [-0.25, -0.2) is 8.78 Å². The molecule has 162 valence electrons. The highest BCUT2D eigenvalue weighted by atomic mass is 19.3. The summed E-state index contributed by atoms with van der Waals surface area (Å²) in [4.78, 5) is 14.6. The van der Waals surface area contributed by atoms with E-state index in [9.17, 15) is 18.8 Å². The SMILES string of the molecule is C[C@@H](Nc1nnc(-c2ccc(C3CC3(F)F)c(C#N)c2)o1)C(=O)N1CCC2(CC1)CC2. The smallest absolute Gasteiger partial charge is 0.316 e. The van der Waals surface area contributed by atoms with Gasteiger partial charge in [0.2, 0.25) is 11.8 Å². The molecule has 1 aromatic carbocycles. The average Bonchev–Trinajstić information content (AvgIpc) is 3.60. The molecule has 1 aliphatic heterocycles. The predicted molar refractivity (Wildman–Crippen MR) is 107 cm³/mol. The van der Waals surface area contributed by atoms with E-state index in [2.05, 4.69) is 15.5 Å². The minimum absolute atomic E-state index is 0.00303. The van der Waals surface area contributed by atoms with Gasteiger partial charge in [-0.3, -0.25) is 4.79 Å². The van der Waals surface area contributed by atoms with E-state index in [1.807, 2.05) is 11.0 Å². The maximum Gasteiger partial charge on any atom is 0.316 e. The van der Waals surface area contributed by atoms with E-state index in [0.29, 0.717) is 16.5 Å². The van der Waals surface area contributed by atoms with Crippen molar-refractivity contribution >= 4 is 11.9 Å². The number of nitrogens with zero attached hydrogens (tertiary/aromatic N) is 4. The summed E-state index contributed by atoms with van der Waals surface area (Å²) in [6, 6.07) is 6.16. The van der Waals surface area contributed by atoms with Crippen molar-refractivity contribution in [2.75, 3.05) is 18.4 Å².